The zero-order valence-electron chi connectivity index (χ0n) is 22.5. The van der Waals surface area contributed by atoms with E-state index in [0.717, 1.165) is 5.92 Å². The second-order valence-corrected chi connectivity index (χ2v) is 19.7. The fraction of sp³-hybridized carbons (Fsp3) is 0.552. The van der Waals surface area contributed by atoms with Crippen molar-refractivity contribution in [3.05, 3.63) is 66.6 Å². The molecule has 0 bridgehead atoms. The maximum absolute atomic E-state index is 4.97. The maximum atomic E-state index is 4.97. The fourth-order valence-electron chi connectivity index (χ4n) is 5.69. The van der Waals surface area contributed by atoms with Gasteiger partial charge in [-0.15, -0.1) is 0 Å². The summed E-state index contributed by atoms with van der Waals surface area (Å²) in [6.07, 6.45) is 0. The van der Waals surface area contributed by atoms with E-state index < -0.39 is 14.7 Å². The van der Waals surface area contributed by atoms with E-state index in [1.807, 2.05) is 0 Å². The average Bonchev–Trinajstić information content (AvgIpc) is 3.15. The summed E-state index contributed by atoms with van der Waals surface area (Å²) in [7, 11) is 14.9. The molecule has 0 spiro atoms. The Balaban J connectivity index is 0.000000758. The Labute approximate surface area is 227 Å². The first-order valence-corrected chi connectivity index (χ1v) is 18.5. The number of hydrogen-bond donors (Lipinski definition) is 0. The summed E-state index contributed by atoms with van der Waals surface area (Å²) in [5.41, 5.74) is 7.52. The number of rotatable bonds is 1. The number of nitrogens with zero attached hydrogens (tertiary/aromatic N) is 1. The van der Waals surface area contributed by atoms with Crippen LogP contribution < -0.4 is 4.90 Å². The first-order chi connectivity index (χ1) is 15.1. The van der Waals surface area contributed by atoms with Crippen LogP contribution in [0.3, 0.4) is 0 Å². The van der Waals surface area contributed by atoms with E-state index >= 15 is 0 Å². The molecule has 4 rings (SSSR count). The number of hydrogen-bond acceptors (Lipinski definition) is 1. The Hall–Kier alpha value is -0.176. The second-order valence-electron chi connectivity index (χ2n) is 12.0. The summed E-state index contributed by atoms with van der Waals surface area (Å²) in [5, 5.41) is 0. The van der Waals surface area contributed by atoms with Crippen molar-refractivity contribution in [2.45, 2.75) is 85.1 Å². The van der Waals surface area contributed by atoms with Gasteiger partial charge < -0.3 is 12.3 Å². The molecule has 2 aromatic rings. The van der Waals surface area contributed by atoms with Gasteiger partial charge in [-0.3, -0.25) is 0 Å². The van der Waals surface area contributed by atoms with Crippen LogP contribution in [0.5, 0.6) is 0 Å². The minimum absolute atomic E-state index is 0. The molecule has 0 saturated heterocycles. The molecule has 188 valence electrons. The molecule has 0 amide bonds. The van der Waals surface area contributed by atoms with Gasteiger partial charge in [0.1, 0.15) is 0 Å². The van der Waals surface area contributed by atoms with Gasteiger partial charge in [-0.25, -0.2) is 0 Å². The van der Waals surface area contributed by atoms with E-state index in [1.165, 1.54) is 22.5 Å². The molecule has 34 heavy (non-hydrogen) atoms. The Morgan fingerprint density at radius 1 is 0.735 bits per heavy atom. The summed E-state index contributed by atoms with van der Waals surface area (Å²) in [6.45, 7) is 21.4. The van der Waals surface area contributed by atoms with E-state index in [-0.39, 0.29) is 18.3 Å². The molecule has 1 nitrogen and oxygen atoms in total. The zero-order valence-corrected chi connectivity index (χ0v) is 26.3. The van der Waals surface area contributed by atoms with Gasteiger partial charge in [0.15, 0.2) is 0 Å². The van der Waals surface area contributed by atoms with Crippen LogP contribution in [0, 0.1) is 25.2 Å². The molecular formula is C29H42Cl3NTi. The van der Waals surface area contributed by atoms with Crippen LogP contribution in [0.25, 0.3) is 0 Å². The van der Waals surface area contributed by atoms with Gasteiger partial charge in [0.25, 0.3) is 0 Å². The number of anilines is 2. The Morgan fingerprint density at radius 2 is 1.21 bits per heavy atom. The Bertz CT molecular complexity index is 941. The van der Waals surface area contributed by atoms with E-state index in [0.29, 0.717) is 23.8 Å². The van der Waals surface area contributed by atoms with Crippen LogP contribution in [0.4, 0.5) is 11.4 Å². The average molecular weight is 559 g/mol. The summed E-state index contributed by atoms with van der Waals surface area (Å²) in [4.78, 5) is 2.70. The number of halogens is 3. The van der Waals surface area contributed by atoms with Crippen LogP contribution in [-0.4, -0.2) is 6.04 Å². The molecule has 1 aliphatic carbocycles. The van der Waals surface area contributed by atoms with Crippen molar-refractivity contribution < 1.29 is 14.7 Å². The zero-order chi connectivity index (χ0) is 24.9. The third-order valence-electron chi connectivity index (χ3n) is 7.91. The minimum atomic E-state index is -1.92. The standard InChI is InChI=1S/C28H39N.CH3.3ClH.Ti/c1-17-18(2)25-23-12-10-11-13-24(23)29(26(25)19(17)3)22-15-20(27(4,5)6)14-21(16-22)28(7,8)9;;;;;/h10-19,25-26H,1-9H3;1H3;3*1H;/q;-1;;;;+4/p-3. The number of benzene rings is 2. The third-order valence-corrected chi connectivity index (χ3v) is 7.91. The summed E-state index contributed by atoms with van der Waals surface area (Å²) < 4.78 is 0. The monoisotopic (exact) mass is 557 g/mol. The molecule has 5 unspecified atom stereocenters. The molecule has 0 aromatic heterocycles. The molecule has 1 fully saturated rings. The van der Waals surface area contributed by atoms with Gasteiger partial charge in [0.05, 0.1) is 0 Å². The predicted molar refractivity (Wildman–Crippen MR) is 150 cm³/mol. The van der Waals surface area contributed by atoms with E-state index in [1.54, 1.807) is 5.56 Å². The summed E-state index contributed by atoms with van der Waals surface area (Å²) in [6, 6.07) is 17.1. The molecular weight excluding hydrogens is 517 g/mol. The second kappa shape index (κ2) is 11.1. The molecule has 1 aliphatic heterocycles. The molecule has 0 radical (unpaired) electrons. The van der Waals surface area contributed by atoms with Crippen LogP contribution >= 0.6 is 27.9 Å². The Kier molecular flexibility index (Phi) is 9.78. The molecule has 0 N–H and O–H groups in total. The summed E-state index contributed by atoms with van der Waals surface area (Å²) in [5.74, 6) is 2.77. The quantitative estimate of drug-likeness (QED) is 0.249. The van der Waals surface area contributed by atoms with Gasteiger partial charge in [0.2, 0.25) is 0 Å². The van der Waals surface area contributed by atoms with Crippen molar-refractivity contribution >= 4 is 39.3 Å². The molecule has 2 aliphatic rings. The molecule has 1 saturated carbocycles. The van der Waals surface area contributed by atoms with Crippen molar-refractivity contribution in [2.75, 3.05) is 4.90 Å². The third kappa shape index (κ3) is 6.03. The van der Waals surface area contributed by atoms with Gasteiger partial charge in [-0.1, -0.05) is 86.6 Å². The van der Waals surface area contributed by atoms with Crippen LogP contribution in [0.1, 0.15) is 84.9 Å². The first kappa shape index (κ1) is 30.1. The summed E-state index contributed by atoms with van der Waals surface area (Å²) >= 11 is -1.92. The van der Waals surface area contributed by atoms with Crippen molar-refractivity contribution in [1.82, 2.24) is 0 Å². The molecule has 5 atom stereocenters. The van der Waals surface area contributed by atoms with Crippen molar-refractivity contribution in [1.29, 1.82) is 0 Å². The van der Waals surface area contributed by atoms with E-state index in [2.05, 4.69) is 110 Å². The van der Waals surface area contributed by atoms with Crippen molar-refractivity contribution in [2.24, 2.45) is 17.8 Å². The van der Waals surface area contributed by atoms with Gasteiger partial charge in [-0.05, 0) is 63.5 Å². The van der Waals surface area contributed by atoms with E-state index in [9.17, 15) is 0 Å². The number of fused-ring (bicyclic) bond motifs is 3. The Morgan fingerprint density at radius 3 is 1.68 bits per heavy atom. The van der Waals surface area contributed by atoms with Crippen LogP contribution in [-0.2, 0) is 25.5 Å². The molecule has 5 heteroatoms. The normalized spacial score (nSPS) is 25.6. The fourth-order valence-corrected chi connectivity index (χ4v) is 5.69. The first-order valence-electron chi connectivity index (χ1n) is 12.0. The van der Waals surface area contributed by atoms with Gasteiger partial charge in [-0.2, -0.15) is 0 Å². The topological polar surface area (TPSA) is 3.24 Å². The van der Waals surface area contributed by atoms with Gasteiger partial charge >= 0.3 is 42.6 Å². The van der Waals surface area contributed by atoms with Crippen LogP contribution in [0.2, 0.25) is 0 Å². The number of para-hydroxylation sites is 1. The predicted octanol–water partition coefficient (Wildman–Crippen LogP) is 10.3. The van der Waals surface area contributed by atoms with Gasteiger partial charge in [0, 0.05) is 23.3 Å². The molecule has 2 aromatic carbocycles. The van der Waals surface area contributed by atoms with E-state index in [4.69, 9.17) is 27.9 Å². The molecule has 1 heterocycles. The van der Waals surface area contributed by atoms with Crippen molar-refractivity contribution in [3.63, 3.8) is 0 Å². The SMILES string of the molecule is CC1C(C)C2c3ccccc3N(c3cc(C(C)(C)C)cc(C(C)(C)C)c3)C2C1C.[CH3-].[Cl][Ti+]([Cl])[Cl]. The van der Waals surface area contributed by atoms with Crippen LogP contribution in [0.15, 0.2) is 42.5 Å². The van der Waals surface area contributed by atoms with Crippen molar-refractivity contribution in [3.8, 4) is 0 Å².